The number of hydrogen-bond acceptors (Lipinski definition) is 10. The Morgan fingerprint density at radius 3 is 2.76 bits per heavy atom. The number of anilines is 1. The fourth-order valence-electron chi connectivity index (χ4n) is 4.19. The van der Waals surface area contributed by atoms with Crippen molar-refractivity contribution >= 4 is 22.9 Å². The monoisotopic (exact) mass is 502 g/mol. The average molecular weight is 503 g/mol. The summed E-state index contributed by atoms with van der Waals surface area (Å²) in [7, 11) is 0. The molecule has 190 valence electrons. The van der Waals surface area contributed by atoms with E-state index in [1.807, 2.05) is 32.0 Å². The number of hydrogen-bond donors (Lipinski definition) is 4. The van der Waals surface area contributed by atoms with E-state index in [0.717, 1.165) is 16.8 Å². The Kier molecular flexibility index (Phi) is 6.61. The van der Waals surface area contributed by atoms with Gasteiger partial charge in [0.15, 0.2) is 35.1 Å². The van der Waals surface area contributed by atoms with Crippen molar-refractivity contribution in [2.24, 2.45) is 0 Å². The third-order valence-corrected chi connectivity index (χ3v) is 5.98. The minimum absolute atomic E-state index is 0.340. The van der Waals surface area contributed by atoms with Gasteiger partial charge in [-0.3, -0.25) is 19.3 Å². The highest BCUT2D eigenvalue weighted by Crippen LogP contribution is 2.33. The number of nitrogens with one attached hydrogen (secondary N) is 2. The summed E-state index contributed by atoms with van der Waals surface area (Å²) in [4.78, 5) is 34.8. The second-order valence-electron chi connectivity index (χ2n) is 8.79. The van der Waals surface area contributed by atoms with Crippen LogP contribution in [0.3, 0.4) is 0 Å². The number of aliphatic hydroxyl groups excluding tert-OH is 2. The average Bonchev–Trinajstić information content (AvgIpc) is 3.43. The summed E-state index contributed by atoms with van der Waals surface area (Å²) in [5, 5.41) is 26.9. The molecule has 37 heavy (non-hydrogen) atoms. The van der Waals surface area contributed by atoms with E-state index < -0.39 is 30.4 Å². The van der Waals surface area contributed by atoms with Gasteiger partial charge in [-0.15, -0.1) is 0 Å². The van der Waals surface area contributed by atoms with Crippen molar-refractivity contribution in [3.8, 4) is 11.4 Å². The summed E-state index contributed by atoms with van der Waals surface area (Å²) >= 11 is 0. The van der Waals surface area contributed by atoms with Gasteiger partial charge in [0.2, 0.25) is 0 Å². The standard InChI is InChI=1S/C25H26N8O4/c1-4-27-24(36)20-18(34)19(35)25(37-20)33-12-30-17-22(29-11-16-8-13(2)5-6-28-16)31-21(32-23(17)33)15-7-14(3)9-26-10-15/h4-10,12,18-20,25,34-35H,1,11H2,2-3H3,(H,27,36)(H,29,31,32)/t18-,19+,20-,25+/m0/s1. The Hall–Kier alpha value is -4.26. The Labute approximate surface area is 212 Å². The van der Waals surface area contributed by atoms with E-state index >= 15 is 0 Å². The Bertz CT molecular complexity index is 1470. The van der Waals surface area contributed by atoms with Crippen molar-refractivity contribution in [2.75, 3.05) is 5.32 Å². The van der Waals surface area contributed by atoms with Gasteiger partial charge in [-0.05, 0) is 49.4 Å². The normalized spacial score (nSPS) is 21.2. The molecule has 0 spiro atoms. The van der Waals surface area contributed by atoms with E-state index in [-0.39, 0.29) is 0 Å². The maximum absolute atomic E-state index is 12.3. The zero-order valence-electron chi connectivity index (χ0n) is 20.2. The van der Waals surface area contributed by atoms with Crippen LogP contribution in [0.4, 0.5) is 5.82 Å². The fraction of sp³-hybridized carbons (Fsp3) is 0.280. The summed E-state index contributed by atoms with van der Waals surface area (Å²) in [5.74, 6) is 0.194. The molecule has 4 N–H and O–H groups in total. The van der Waals surface area contributed by atoms with Crippen molar-refractivity contribution in [1.82, 2.24) is 34.8 Å². The van der Waals surface area contributed by atoms with Crippen LogP contribution in [0, 0.1) is 13.8 Å². The number of aryl methyl sites for hydroxylation is 2. The molecule has 12 heteroatoms. The van der Waals surface area contributed by atoms with E-state index in [1.54, 1.807) is 18.6 Å². The lowest BCUT2D eigenvalue weighted by Gasteiger charge is -2.17. The second-order valence-corrected chi connectivity index (χ2v) is 8.79. The van der Waals surface area contributed by atoms with Crippen molar-refractivity contribution in [1.29, 1.82) is 0 Å². The fourth-order valence-corrected chi connectivity index (χ4v) is 4.19. The Morgan fingerprint density at radius 1 is 1.16 bits per heavy atom. The highest BCUT2D eigenvalue weighted by molar-refractivity contribution is 5.85. The summed E-state index contributed by atoms with van der Waals surface area (Å²) in [6.45, 7) is 7.74. The van der Waals surface area contributed by atoms with Crippen molar-refractivity contribution < 1.29 is 19.7 Å². The first-order valence-electron chi connectivity index (χ1n) is 11.6. The molecule has 5 rings (SSSR count). The zero-order chi connectivity index (χ0) is 26.1. The van der Waals surface area contributed by atoms with Crippen molar-refractivity contribution in [2.45, 2.75) is 44.9 Å². The predicted octanol–water partition coefficient (Wildman–Crippen LogP) is 1.39. The molecule has 12 nitrogen and oxygen atoms in total. The molecular formula is C25H26N8O4. The summed E-state index contributed by atoms with van der Waals surface area (Å²) in [6, 6.07) is 5.79. The van der Waals surface area contributed by atoms with Crippen LogP contribution >= 0.6 is 0 Å². The molecule has 1 amide bonds. The van der Waals surface area contributed by atoms with Gasteiger partial charge in [0.05, 0.1) is 18.6 Å². The van der Waals surface area contributed by atoms with Gasteiger partial charge < -0.3 is 25.6 Å². The molecule has 0 radical (unpaired) electrons. The molecule has 0 saturated carbocycles. The van der Waals surface area contributed by atoms with Gasteiger partial charge in [-0.2, -0.15) is 0 Å². The maximum Gasteiger partial charge on any atom is 0.255 e. The first-order chi connectivity index (χ1) is 17.9. The van der Waals surface area contributed by atoms with Crippen LogP contribution in [0.5, 0.6) is 0 Å². The highest BCUT2D eigenvalue weighted by Gasteiger charge is 2.47. The van der Waals surface area contributed by atoms with E-state index in [2.05, 4.69) is 32.2 Å². The minimum atomic E-state index is -1.46. The van der Waals surface area contributed by atoms with Gasteiger partial charge >= 0.3 is 0 Å². The van der Waals surface area contributed by atoms with Crippen LogP contribution < -0.4 is 10.6 Å². The van der Waals surface area contributed by atoms with Crippen LogP contribution in [0.25, 0.3) is 22.6 Å². The van der Waals surface area contributed by atoms with Crippen LogP contribution in [-0.2, 0) is 16.1 Å². The summed E-state index contributed by atoms with van der Waals surface area (Å²) in [6.07, 6.45) is 2.44. The quantitative estimate of drug-likeness (QED) is 0.291. The predicted molar refractivity (Wildman–Crippen MR) is 134 cm³/mol. The Balaban J connectivity index is 1.57. The number of pyridine rings is 2. The molecule has 0 bridgehead atoms. The third-order valence-electron chi connectivity index (χ3n) is 5.98. The molecule has 5 heterocycles. The van der Waals surface area contributed by atoms with Gasteiger partial charge in [0.25, 0.3) is 5.91 Å². The van der Waals surface area contributed by atoms with E-state index in [0.29, 0.717) is 34.9 Å². The van der Waals surface area contributed by atoms with Crippen LogP contribution in [0.1, 0.15) is 23.0 Å². The van der Waals surface area contributed by atoms with Crippen LogP contribution in [0.15, 0.2) is 55.9 Å². The highest BCUT2D eigenvalue weighted by atomic mass is 16.6. The number of rotatable bonds is 7. The molecular weight excluding hydrogens is 476 g/mol. The molecule has 1 fully saturated rings. The lowest BCUT2D eigenvalue weighted by molar-refractivity contribution is -0.136. The van der Waals surface area contributed by atoms with E-state index in [4.69, 9.17) is 14.7 Å². The summed E-state index contributed by atoms with van der Waals surface area (Å²) < 4.78 is 7.24. The van der Waals surface area contributed by atoms with Gasteiger partial charge in [0, 0.05) is 24.2 Å². The minimum Gasteiger partial charge on any atom is -0.387 e. The number of carbonyl (C=O) groups is 1. The molecule has 0 aromatic carbocycles. The molecule has 1 saturated heterocycles. The van der Waals surface area contributed by atoms with Crippen molar-refractivity contribution in [3.63, 3.8) is 0 Å². The largest absolute Gasteiger partial charge is 0.387 e. The smallest absolute Gasteiger partial charge is 0.255 e. The van der Waals surface area contributed by atoms with Crippen LogP contribution in [-0.4, -0.2) is 63.9 Å². The number of imidazole rings is 1. The maximum atomic E-state index is 12.3. The molecule has 4 aromatic rings. The summed E-state index contributed by atoms with van der Waals surface area (Å²) in [5.41, 5.74) is 4.27. The van der Waals surface area contributed by atoms with Gasteiger partial charge in [-0.1, -0.05) is 6.58 Å². The molecule has 1 aliphatic rings. The third kappa shape index (κ3) is 4.77. The molecule has 4 atom stereocenters. The lowest BCUT2D eigenvalue weighted by Crippen LogP contribution is -2.40. The molecule has 0 unspecified atom stereocenters. The first kappa shape index (κ1) is 24.4. The number of amides is 1. The first-order valence-corrected chi connectivity index (χ1v) is 11.6. The van der Waals surface area contributed by atoms with Gasteiger partial charge in [0.1, 0.15) is 12.2 Å². The lowest BCUT2D eigenvalue weighted by atomic mass is 10.1. The number of fused-ring (bicyclic) bond motifs is 1. The SMILES string of the molecule is C=CNC(=O)[C@H]1O[C@@H](n2cnc3c(NCc4cc(C)ccn4)nc(-c4cncc(C)c4)nc32)[C@H](O)[C@@H]1O. The number of ether oxygens (including phenoxy) is 1. The number of carbonyl (C=O) groups excluding carboxylic acids is 1. The van der Waals surface area contributed by atoms with Crippen molar-refractivity contribution in [3.05, 3.63) is 72.7 Å². The van der Waals surface area contributed by atoms with E-state index in [9.17, 15) is 15.0 Å². The van der Waals surface area contributed by atoms with Gasteiger partial charge in [-0.25, -0.2) is 15.0 Å². The zero-order valence-corrected chi connectivity index (χ0v) is 20.2. The van der Waals surface area contributed by atoms with Crippen LogP contribution in [0.2, 0.25) is 0 Å². The molecule has 1 aliphatic heterocycles. The molecule has 0 aliphatic carbocycles. The number of nitrogens with zero attached hydrogens (tertiary/aromatic N) is 6. The van der Waals surface area contributed by atoms with E-state index in [1.165, 1.54) is 17.1 Å². The number of aliphatic hydroxyl groups is 2. The Morgan fingerprint density at radius 2 is 2.00 bits per heavy atom. The second kappa shape index (κ2) is 10.0. The number of aromatic nitrogens is 6. The topological polar surface area (TPSA) is 160 Å². The molecule has 4 aromatic heterocycles.